The van der Waals surface area contributed by atoms with Gasteiger partial charge in [-0.1, -0.05) is 59.6 Å². The van der Waals surface area contributed by atoms with E-state index in [0.717, 1.165) is 55.5 Å². The van der Waals surface area contributed by atoms with Gasteiger partial charge in [-0.15, -0.1) is 0 Å². The predicted octanol–water partition coefficient (Wildman–Crippen LogP) is 6.29. The number of methoxy groups -OCH3 is 2. The van der Waals surface area contributed by atoms with Gasteiger partial charge in [-0.2, -0.15) is 0 Å². The van der Waals surface area contributed by atoms with Crippen LogP contribution in [0.3, 0.4) is 0 Å². The van der Waals surface area contributed by atoms with Gasteiger partial charge in [-0.3, -0.25) is 19.6 Å². The van der Waals surface area contributed by atoms with E-state index in [9.17, 15) is 9.59 Å². The second kappa shape index (κ2) is 16.1. The third-order valence-electron chi connectivity index (χ3n) is 9.35. The van der Waals surface area contributed by atoms with E-state index in [0.29, 0.717) is 75.9 Å². The fourth-order valence-corrected chi connectivity index (χ4v) is 7.43. The van der Waals surface area contributed by atoms with Crippen molar-refractivity contribution in [2.24, 2.45) is 0 Å². The van der Waals surface area contributed by atoms with Crippen LogP contribution in [0.25, 0.3) is 33.6 Å². The van der Waals surface area contributed by atoms with E-state index in [1.54, 1.807) is 33.5 Å². The van der Waals surface area contributed by atoms with Crippen molar-refractivity contribution in [2.75, 3.05) is 27.3 Å². The Morgan fingerprint density at radius 3 is 2.10 bits per heavy atom. The molecule has 0 bridgehead atoms. The number of hydrogen-bond donors (Lipinski definition) is 2. The normalized spacial score (nSPS) is 17.2. The number of halogens is 2. The zero-order chi connectivity index (χ0) is 35.2. The Labute approximate surface area is 302 Å². The maximum absolute atomic E-state index is 11.9. The second-order valence-corrected chi connectivity index (χ2v) is 13.3. The Morgan fingerprint density at radius 1 is 0.920 bits per heavy atom. The number of benzene rings is 2. The summed E-state index contributed by atoms with van der Waals surface area (Å²) in [5.41, 5.74) is 5.39. The summed E-state index contributed by atoms with van der Waals surface area (Å²) >= 11 is 14.1. The summed E-state index contributed by atoms with van der Waals surface area (Å²) in [6.45, 7) is 3.54. The summed E-state index contributed by atoms with van der Waals surface area (Å²) in [5, 5.41) is 7.37. The number of nitrogens with zero attached hydrogens (tertiary/aromatic N) is 5. The van der Waals surface area contributed by atoms with E-state index < -0.39 is 0 Å². The number of likely N-dealkylation sites (tertiary alicyclic amines) is 1. The van der Waals surface area contributed by atoms with Gasteiger partial charge in [0.15, 0.2) is 0 Å². The highest BCUT2D eigenvalue weighted by Crippen LogP contribution is 2.42. The molecule has 0 saturated carbocycles. The SMILES string of the molecule is COc1nc(-c2cccc(-c3cccc(-c4cnc(CNC[C@@H]5CCCN5C(C)=O)c(OC)n4)c3Cl)c2Cl)cnc1CCC[C@@H]1CCC(=O)N1. The van der Waals surface area contributed by atoms with Gasteiger partial charge in [0.05, 0.1) is 48.0 Å². The molecular formula is C37H41Cl2N7O4. The zero-order valence-electron chi connectivity index (χ0n) is 28.5. The molecule has 2 saturated heterocycles. The van der Waals surface area contributed by atoms with Gasteiger partial charge >= 0.3 is 0 Å². The van der Waals surface area contributed by atoms with Gasteiger partial charge in [-0.05, 0) is 38.5 Å². The Kier molecular flexibility index (Phi) is 11.5. The lowest BCUT2D eigenvalue weighted by molar-refractivity contribution is -0.129. The number of ether oxygens (including phenoxy) is 2. The van der Waals surface area contributed by atoms with Crippen LogP contribution in [0.4, 0.5) is 0 Å². The maximum atomic E-state index is 11.9. The van der Waals surface area contributed by atoms with Gasteiger partial charge in [0.1, 0.15) is 11.4 Å². The van der Waals surface area contributed by atoms with Crippen molar-refractivity contribution in [3.8, 4) is 45.4 Å². The van der Waals surface area contributed by atoms with Crippen molar-refractivity contribution in [3.05, 3.63) is 70.2 Å². The largest absolute Gasteiger partial charge is 0.480 e. The molecule has 0 spiro atoms. The molecule has 2 fully saturated rings. The van der Waals surface area contributed by atoms with Crippen molar-refractivity contribution < 1.29 is 19.1 Å². The lowest BCUT2D eigenvalue weighted by Gasteiger charge is -2.23. The molecule has 2 aliphatic heterocycles. The molecule has 0 radical (unpaired) electrons. The van der Waals surface area contributed by atoms with Crippen molar-refractivity contribution in [1.29, 1.82) is 0 Å². The van der Waals surface area contributed by atoms with E-state index in [1.807, 2.05) is 41.3 Å². The first-order valence-electron chi connectivity index (χ1n) is 16.9. The number of nitrogens with one attached hydrogen (secondary N) is 2. The van der Waals surface area contributed by atoms with Gasteiger partial charge < -0.3 is 25.0 Å². The van der Waals surface area contributed by atoms with Crippen molar-refractivity contribution >= 4 is 35.0 Å². The van der Waals surface area contributed by atoms with Gasteiger partial charge in [0, 0.05) is 67.3 Å². The van der Waals surface area contributed by atoms with Crippen LogP contribution in [0.1, 0.15) is 56.8 Å². The van der Waals surface area contributed by atoms with E-state index in [2.05, 4.69) is 20.6 Å². The topological polar surface area (TPSA) is 131 Å². The molecule has 50 heavy (non-hydrogen) atoms. The molecule has 2 aromatic carbocycles. The number of hydrogen-bond acceptors (Lipinski definition) is 9. The molecule has 4 heterocycles. The van der Waals surface area contributed by atoms with Crippen molar-refractivity contribution in [2.45, 2.75) is 70.5 Å². The molecule has 2 N–H and O–H groups in total. The quantitative estimate of drug-likeness (QED) is 0.164. The van der Waals surface area contributed by atoms with Crippen LogP contribution in [0.5, 0.6) is 11.8 Å². The average Bonchev–Trinajstić information content (AvgIpc) is 3.78. The smallest absolute Gasteiger partial charge is 0.237 e. The minimum atomic E-state index is 0.103. The summed E-state index contributed by atoms with van der Waals surface area (Å²) in [6, 6.07) is 11.8. The molecular weight excluding hydrogens is 677 g/mol. The van der Waals surface area contributed by atoms with Gasteiger partial charge in [0.2, 0.25) is 23.6 Å². The molecule has 6 rings (SSSR count). The number of amides is 2. The summed E-state index contributed by atoms with van der Waals surface area (Å²) in [6.07, 6.45) is 9.29. The Morgan fingerprint density at radius 2 is 1.52 bits per heavy atom. The standard InChI is InChI=1S/C37H41Cl2N7O4/c1-22(47)46-17-7-9-24(46)18-40-19-32-37(50-3)45-31(21-42-32)28-13-6-11-26(35(28)39)25-10-5-12-27(34(25)38)30-20-41-29(36(44-30)49-2)14-4-8-23-15-16-33(48)43-23/h5-6,10-13,20-21,23-24,40H,4,7-9,14-19H2,1-3H3,(H,43,48)/t23-,24+/m1/s1. The third-order valence-corrected chi connectivity index (χ3v) is 10.2. The fourth-order valence-electron chi connectivity index (χ4n) is 6.78. The molecule has 2 atom stereocenters. The maximum Gasteiger partial charge on any atom is 0.237 e. The first-order valence-corrected chi connectivity index (χ1v) is 17.7. The summed E-state index contributed by atoms with van der Waals surface area (Å²) in [4.78, 5) is 44.2. The van der Waals surface area contributed by atoms with Crippen molar-refractivity contribution in [1.82, 2.24) is 35.5 Å². The Hall–Kier alpha value is -4.32. The molecule has 11 nitrogen and oxygen atoms in total. The Bertz CT molecular complexity index is 1870. The van der Waals surface area contributed by atoms with Crippen LogP contribution in [0, 0.1) is 0 Å². The fraction of sp³-hybridized carbons (Fsp3) is 0.405. The van der Waals surface area contributed by atoms with E-state index in [4.69, 9.17) is 42.6 Å². The van der Waals surface area contributed by atoms with E-state index >= 15 is 0 Å². The van der Waals surface area contributed by atoms with Crippen LogP contribution in [-0.4, -0.2) is 76.0 Å². The molecule has 13 heteroatoms. The molecule has 0 aliphatic carbocycles. The number of rotatable bonds is 13. The van der Waals surface area contributed by atoms with Crippen LogP contribution >= 0.6 is 23.2 Å². The minimum Gasteiger partial charge on any atom is -0.480 e. The van der Waals surface area contributed by atoms with Crippen LogP contribution in [0.2, 0.25) is 10.0 Å². The van der Waals surface area contributed by atoms with Gasteiger partial charge in [0.25, 0.3) is 0 Å². The third kappa shape index (κ3) is 7.85. The first kappa shape index (κ1) is 35.5. The highest BCUT2D eigenvalue weighted by atomic mass is 35.5. The molecule has 0 unspecified atom stereocenters. The number of carbonyl (C=O) groups excluding carboxylic acids is 2. The van der Waals surface area contributed by atoms with Crippen LogP contribution in [0.15, 0.2) is 48.8 Å². The molecule has 2 aromatic heterocycles. The summed E-state index contributed by atoms with van der Waals surface area (Å²) < 4.78 is 11.2. The van der Waals surface area contributed by atoms with Gasteiger partial charge in [-0.25, -0.2) is 9.97 Å². The zero-order valence-corrected chi connectivity index (χ0v) is 30.0. The van der Waals surface area contributed by atoms with Crippen molar-refractivity contribution in [3.63, 3.8) is 0 Å². The summed E-state index contributed by atoms with van der Waals surface area (Å²) in [5.74, 6) is 1.07. The van der Waals surface area contributed by atoms with Crippen LogP contribution in [-0.2, 0) is 22.6 Å². The molecule has 2 aliphatic rings. The minimum absolute atomic E-state index is 0.103. The highest BCUT2D eigenvalue weighted by molar-refractivity contribution is 6.39. The second-order valence-electron chi connectivity index (χ2n) is 12.6. The van der Waals surface area contributed by atoms with E-state index in [1.165, 1.54) is 0 Å². The number of aryl methyl sites for hydroxylation is 1. The number of carbonyl (C=O) groups is 2. The molecule has 2 amide bonds. The highest BCUT2D eigenvalue weighted by Gasteiger charge is 2.26. The first-order chi connectivity index (χ1) is 24.3. The monoisotopic (exact) mass is 717 g/mol. The molecule has 262 valence electrons. The Balaban J connectivity index is 1.19. The lowest BCUT2D eigenvalue weighted by atomic mass is 9.98. The number of aromatic nitrogens is 4. The summed E-state index contributed by atoms with van der Waals surface area (Å²) in [7, 11) is 3.15. The van der Waals surface area contributed by atoms with E-state index in [-0.39, 0.29) is 23.9 Å². The average molecular weight is 719 g/mol. The van der Waals surface area contributed by atoms with Crippen LogP contribution < -0.4 is 20.1 Å². The predicted molar refractivity (Wildman–Crippen MR) is 193 cm³/mol. The molecule has 4 aromatic rings. The lowest BCUT2D eigenvalue weighted by Crippen LogP contribution is -2.40.